The van der Waals surface area contributed by atoms with Gasteiger partial charge in [0.25, 0.3) is 5.91 Å². The fourth-order valence-corrected chi connectivity index (χ4v) is 4.69. The Bertz CT molecular complexity index is 1090. The van der Waals surface area contributed by atoms with Crippen LogP contribution in [-0.2, 0) is 4.74 Å². The molecule has 1 aromatic heterocycles. The number of rotatable bonds is 5. The summed E-state index contributed by atoms with van der Waals surface area (Å²) in [7, 11) is 0. The molecule has 2 aliphatic heterocycles. The highest BCUT2D eigenvalue weighted by molar-refractivity contribution is 6.31. The average molecular weight is 437 g/mol. The number of ether oxygens (including phenoxy) is 1. The molecule has 6 nitrogen and oxygen atoms in total. The first-order chi connectivity index (χ1) is 15.1. The lowest BCUT2D eigenvalue weighted by molar-refractivity contribution is 0.0316. The van der Waals surface area contributed by atoms with Gasteiger partial charge in [-0.3, -0.25) is 14.8 Å². The van der Waals surface area contributed by atoms with Crippen molar-refractivity contribution in [3.05, 3.63) is 75.9 Å². The van der Waals surface area contributed by atoms with Crippen LogP contribution in [0, 0.1) is 6.92 Å². The van der Waals surface area contributed by atoms with Crippen molar-refractivity contribution in [2.75, 3.05) is 39.4 Å². The third-order valence-corrected chi connectivity index (χ3v) is 6.49. The summed E-state index contributed by atoms with van der Waals surface area (Å²) in [5.41, 5.74) is 5.37. The Labute approximate surface area is 186 Å². The lowest BCUT2D eigenvalue weighted by Crippen LogP contribution is -2.42. The highest BCUT2D eigenvalue weighted by Gasteiger charge is 2.42. The lowest BCUT2D eigenvalue weighted by Gasteiger charge is -2.31. The maximum atomic E-state index is 13.4. The van der Waals surface area contributed by atoms with E-state index < -0.39 is 0 Å². The zero-order valence-electron chi connectivity index (χ0n) is 17.5. The minimum atomic E-state index is -0.271. The number of carbonyl (C=O) groups excluding carboxylic acids is 1. The van der Waals surface area contributed by atoms with Crippen LogP contribution in [0.15, 0.2) is 48.5 Å². The number of halogens is 1. The molecule has 0 bridgehead atoms. The van der Waals surface area contributed by atoms with Crippen LogP contribution in [0.25, 0.3) is 11.3 Å². The zero-order valence-corrected chi connectivity index (χ0v) is 18.2. The molecule has 3 heterocycles. The van der Waals surface area contributed by atoms with E-state index >= 15 is 0 Å². The Morgan fingerprint density at radius 3 is 2.58 bits per heavy atom. The molecule has 3 aromatic rings. The quantitative estimate of drug-likeness (QED) is 0.658. The number of fused-ring (bicyclic) bond motifs is 1. The summed E-state index contributed by atoms with van der Waals surface area (Å²) >= 11 is 6.62. The van der Waals surface area contributed by atoms with E-state index in [2.05, 4.69) is 46.3 Å². The van der Waals surface area contributed by atoms with E-state index in [1.165, 1.54) is 5.56 Å². The summed E-state index contributed by atoms with van der Waals surface area (Å²) in [4.78, 5) is 17.7. The van der Waals surface area contributed by atoms with Crippen molar-refractivity contribution < 1.29 is 9.53 Å². The molecule has 0 radical (unpaired) electrons. The standard InChI is InChI=1S/C24H25ClN4O2/c1-16-6-8-17(9-7-16)21-20-22(27-26-21)24(30)29(11-10-28-12-14-31-15-13-28)23(20)18-4-2-3-5-19(18)25/h2-9,23H,10-15H2,1H3,(H,26,27). The maximum absolute atomic E-state index is 13.4. The smallest absolute Gasteiger partial charge is 0.273 e. The number of H-pyrrole nitrogens is 1. The Balaban J connectivity index is 1.55. The van der Waals surface area contributed by atoms with Gasteiger partial charge in [-0.15, -0.1) is 0 Å². The number of aromatic nitrogens is 2. The fourth-order valence-electron chi connectivity index (χ4n) is 4.45. The minimum absolute atomic E-state index is 0.0287. The largest absolute Gasteiger partial charge is 0.379 e. The molecule has 2 aliphatic rings. The Morgan fingerprint density at radius 2 is 1.84 bits per heavy atom. The van der Waals surface area contributed by atoms with Gasteiger partial charge >= 0.3 is 0 Å². The summed E-state index contributed by atoms with van der Waals surface area (Å²) in [6.07, 6.45) is 0. The van der Waals surface area contributed by atoms with Gasteiger partial charge in [0.05, 0.1) is 24.9 Å². The molecule has 1 saturated heterocycles. The molecule has 1 atom stereocenters. The summed E-state index contributed by atoms with van der Waals surface area (Å²) < 4.78 is 5.46. The van der Waals surface area contributed by atoms with Gasteiger partial charge in [0.2, 0.25) is 0 Å². The molecule has 7 heteroatoms. The molecule has 1 unspecified atom stereocenters. The third kappa shape index (κ3) is 3.76. The van der Waals surface area contributed by atoms with Crippen molar-refractivity contribution >= 4 is 17.5 Å². The molecule has 0 aliphatic carbocycles. The van der Waals surface area contributed by atoms with Crippen LogP contribution in [-0.4, -0.2) is 65.3 Å². The number of aryl methyl sites for hydroxylation is 1. The first kappa shape index (κ1) is 20.2. The van der Waals surface area contributed by atoms with E-state index in [0.29, 0.717) is 17.3 Å². The van der Waals surface area contributed by atoms with Crippen LogP contribution in [0.2, 0.25) is 5.02 Å². The molecule has 2 aromatic carbocycles. The first-order valence-electron chi connectivity index (χ1n) is 10.6. The normalized spacial score (nSPS) is 19.1. The topological polar surface area (TPSA) is 61.5 Å². The van der Waals surface area contributed by atoms with Crippen molar-refractivity contribution in [3.8, 4) is 11.3 Å². The molecular weight excluding hydrogens is 412 g/mol. The molecule has 1 fully saturated rings. The van der Waals surface area contributed by atoms with Crippen molar-refractivity contribution in [1.29, 1.82) is 0 Å². The molecule has 1 N–H and O–H groups in total. The van der Waals surface area contributed by atoms with Gasteiger partial charge in [0.15, 0.2) is 0 Å². The highest BCUT2D eigenvalue weighted by atomic mass is 35.5. The summed E-state index contributed by atoms with van der Waals surface area (Å²) in [6, 6.07) is 15.7. The van der Waals surface area contributed by atoms with Crippen LogP contribution in [0.1, 0.15) is 33.2 Å². The number of benzene rings is 2. The van der Waals surface area contributed by atoms with Gasteiger partial charge in [0.1, 0.15) is 5.69 Å². The number of carbonyl (C=O) groups is 1. The average Bonchev–Trinajstić information content (AvgIpc) is 3.33. The molecular formula is C24H25ClN4O2. The second-order valence-electron chi connectivity index (χ2n) is 8.10. The molecule has 0 saturated carbocycles. The van der Waals surface area contributed by atoms with Crippen molar-refractivity contribution in [2.45, 2.75) is 13.0 Å². The van der Waals surface area contributed by atoms with E-state index in [1.807, 2.05) is 29.2 Å². The van der Waals surface area contributed by atoms with Gasteiger partial charge in [-0.1, -0.05) is 59.6 Å². The monoisotopic (exact) mass is 436 g/mol. The number of hydrogen-bond donors (Lipinski definition) is 1. The van der Waals surface area contributed by atoms with E-state index in [1.54, 1.807) is 0 Å². The summed E-state index contributed by atoms with van der Waals surface area (Å²) in [5.74, 6) is -0.0287. The van der Waals surface area contributed by atoms with E-state index in [9.17, 15) is 4.79 Å². The van der Waals surface area contributed by atoms with Gasteiger partial charge in [-0.25, -0.2) is 0 Å². The number of morpholine rings is 1. The number of hydrogen-bond acceptors (Lipinski definition) is 4. The maximum Gasteiger partial charge on any atom is 0.273 e. The van der Waals surface area contributed by atoms with Gasteiger partial charge in [-0.05, 0) is 18.6 Å². The van der Waals surface area contributed by atoms with Crippen LogP contribution >= 0.6 is 11.6 Å². The van der Waals surface area contributed by atoms with Crippen LogP contribution < -0.4 is 0 Å². The van der Waals surface area contributed by atoms with Crippen molar-refractivity contribution in [2.24, 2.45) is 0 Å². The lowest BCUT2D eigenvalue weighted by atomic mass is 9.95. The molecule has 5 rings (SSSR count). The van der Waals surface area contributed by atoms with E-state index in [-0.39, 0.29) is 11.9 Å². The van der Waals surface area contributed by atoms with Gasteiger partial charge in [-0.2, -0.15) is 5.10 Å². The second-order valence-corrected chi connectivity index (χ2v) is 8.51. The summed E-state index contributed by atoms with van der Waals surface area (Å²) in [5, 5.41) is 8.21. The molecule has 160 valence electrons. The number of amides is 1. The molecule has 1 amide bonds. The van der Waals surface area contributed by atoms with Gasteiger partial charge < -0.3 is 9.64 Å². The number of aromatic amines is 1. The van der Waals surface area contributed by atoms with E-state index in [4.69, 9.17) is 16.3 Å². The Morgan fingerprint density at radius 1 is 1.10 bits per heavy atom. The van der Waals surface area contributed by atoms with Crippen molar-refractivity contribution in [3.63, 3.8) is 0 Å². The van der Waals surface area contributed by atoms with Crippen LogP contribution in [0.5, 0.6) is 0 Å². The van der Waals surface area contributed by atoms with Crippen molar-refractivity contribution in [1.82, 2.24) is 20.0 Å². The SMILES string of the molecule is Cc1ccc(-c2n[nH]c3c2C(c2ccccc2Cl)N(CCN2CCOCC2)C3=O)cc1. The number of nitrogens with one attached hydrogen (secondary N) is 1. The third-order valence-electron chi connectivity index (χ3n) is 6.15. The second kappa shape index (κ2) is 8.46. The highest BCUT2D eigenvalue weighted by Crippen LogP contribution is 2.44. The molecule has 0 spiro atoms. The van der Waals surface area contributed by atoms with Crippen LogP contribution in [0.3, 0.4) is 0 Å². The Hall–Kier alpha value is -2.67. The van der Waals surface area contributed by atoms with E-state index in [0.717, 1.165) is 55.2 Å². The Kier molecular flexibility index (Phi) is 5.52. The van der Waals surface area contributed by atoms with Gasteiger partial charge in [0, 0.05) is 42.3 Å². The number of nitrogens with zero attached hydrogens (tertiary/aromatic N) is 3. The summed E-state index contributed by atoms with van der Waals surface area (Å²) in [6.45, 7) is 6.73. The zero-order chi connectivity index (χ0) is 21.4. The fraction of sp³-hybridized carbons (Fsp3) is 0.333. The molecule has 31 heavy (non-hydrogen) atoms. The first-order valence-corrected chi connectivity index (χ1v) is 11.0. The predicted octanol–water partition coefficient (Wildman–Crippen LogP) is 3.92. The predicted molar refractivity (Wildman–Crippen MR) is 120 cm³/mol. The van der Waals surface area contributed by atoms with Crippen LogP contribution in [0.4, 0.5) is 0 Å². The minimum Gasteiger partial charge on any atom is -0.379 e.